The standard InChI is InChI=1S/C25H32N2O5/c1-24(2,3)32-23(29)27-25(14-7-6-8-15-25)16-13-17-9-10-19(22(28)31-5)18-11-12-20(30-4)26-21(17)18/h9-13,16H,6-8,14-15H2,1-5H3,(H,27,29)/b16-13+. The monoisotopic (exact) mass is 440 g/mol. The van der Waals surface area contributed by atoms with E-state index in [-0.39, 0.29) is 0 Å². The Morgan fingerprint density at radius 1 is 1.06 bits per heavy atom. The molecular weight excluding hydrogens is 408 g/mol. The molecule has 1 aliphatic carbocycles. The van der Waals surface area contributed by atoms with Gasteiger partial charge in [-0.05, 0) is 45.7 Å². The van der Waals surface area contributed by atoms with Crippen LogP contribution >= 0.6 is 0 Å². The summed E-state index contributed by atoms with van der Waals surface area (Å²) in [6.07, 6.45) is 8.41. The number of carbonyl (C=O) groups is 2. The average molecular weight is 441 g/mol. The Morgan fingerprint density at radius 2 is 1.78 bits per heavy atom. The Labute approximate surface area is 189 Å². The first kappa shape index (κ1) is 23.6. The first-order valence-electron chi connectivity index (χ1n) is 10.9. The summed E-state index contributed by atoms with van der Waals surface area (Å²) < 4.78 is 15.7. The third-order valence-electron chi connectivity index (χ3n) is 5.55. The van der Waals surface area contributed by atoms with Crippen LogP contribution in [0.1, 0.15) is 68.8 Å². The predicted molar refractivity (Wildman–Crippen MR) is 124 cm³/mol. The predicted octanol–water partition coefficient (Wildman–Crippen LogP) is 5.27. The summed E-state index contributed by atoms with van der Waals surface area (Å²) >= 11 is 0. The number of ether oxygens (including phenoxy) is 3. The number of benzene rings is 1. The van der Waals surface area contributed by atoms with Crippen molar-refractivity contribution in [2.75, 3.05) is 14.2 Å². The zero-order valence-electron chi connectivity index (χ0n) is 19.5. The molecule has 0 aliphatic heterocycles. The van der Waals surface area contributed by atoms with Gasteiger partial charge in [0.05, 0.1) is 30.8 Å². The van der Waals surface area contributed by atoms with E-state index in [0.29, 0.717) is 22.3 Å². The second-order valence-electron chi connectivity index (χ2n) is 9.12. The molecule has 1 saturated carbocycles. The maximum absolute atomic E-state index is 12.5. The average Bonchev–Trinajstić information content (AvgIpc) is 2.75. The Bertz CT molecular complexity index is 1020. The molecule has 1 aliphatic rings. The molecule has 1 fully saturated rings. The molecule has 0 atom stereocenters. The van der Waals surface area contributed by atoms with Crippen molar-refractivity contribution < 1.29 is 23.8 Å². The number of aromatic nitrogens is 1. The molecule has 0 saturated heterocycles. The first-order valence-corrected chi connectivity index (χ1v) is 10.9. The number of fused-ring (bicyclic) bond motifs is 1. The number of pyridine rings is 1. The van der Waals surface area contributed by atoms with Gasteiger partial charge in [0.2, 0.25) is 5.88 Å². The number of rotatable bonds is 5. The van der Waals surface area contributed by atoms with Crippen molar-refractivity contribution >= 4 is 29.0 Å². The van der Waals surface area contributed by atoms with E-state index in [1.165, 1.54) is 7.11 Å². The van der Waals surface area contributed by atoms with E-state index in [1.807, 2.05) is 39.0 Å². The highest BCUT2D eigenvalue weighted by molar-refractivity contribution is 6.05. The van der Waals surface area contributed by atoms with Gasteiger partial charge in [-0.15, -0.1) is 0 Å². The quantitative estimate of drug-likeness (QED) is 0.637. The van der Waals surface area contributed by atoms with Crippen LogP contribution in [0.5, 0.6) is 5.88 Å². The highest BCUT2D eigenvalue weighted by Crippen LogP contribution is 2.32. The lowest BCUT2D eigenvalue weighted by molar-refractivity contribution is 0.0457. The van der Waals surface area contributed by atoms with Gasteiger partial charge in [0.25, 0.3) is 0 Å². The summed E-state index contributed by atoms with van der Waals surface area (Å²) in [6, 6.07) is 7.09. The van der Waals surface area contributed by atoms with Gasteiger partial charge in [0.15, 0.2) is 0 Å². The Kier molecular flexibility index (Phi) is 7.06. The molecule has 1 heterocycles. The van der Waals surface area contributed by atoms with E-state index in [0.717, 1.165) is 37.7 Å². The highest BCUT2D eigenvalue weighted by atomic mass is 16.6. The van der Waals surface area contributed by atoms with E-state index in [2.05, 4.69) is 10.3 Å². The molecule has 2 aromatic rings. The van der Waals surface area contributed by atoms with Gasteiger partial charge < -0.3 is 19.5 Å². The number of hydrogen-bond acceptors (Lipinski definition) is 6. The van der Waals surface area contributed by atoms with Crippen LogP contribution in [-0.2, 0) is 9.47 Å². The number of alkyl carbamates (subject to hydrolysis) is 1. The van der Waals surface area contributed by atoms with Crippen molar-refractivity contribution in [3.05, 3.63) is 41.5 Å². The van der Waals surface area contributed by atoms with Gasteiger partial charge in [-0.2, -0.15) is 0 Å². The molecule has 1 amide bonds. The largest absolute Gasteiger partial charge is 0.481 e. The summed E-state index contributed by atoms with van der Waals surface area (Å²) in [5.41, 5.74) is 0.833. The number of amides is 1. The minimum Gasteiger partial charge on any atom is -0.481 e. The third kappa shape index (κ3) is 5.58. The van der Waals surface area contributed by atoms with E-state index < -0.39 is 23.2 Å². The number of hydrogen-bond donors (Lipinski definition) is 1. The maximum atomic E-state index is 12.5. The summed E-state index contributed by atoms with van der Waals surface area (Å²) in [5, 5.41) is 3.78. The molecule has 3 rings (SSSR count). The van der Waals surface area contributed by atoms with Crippen molar-refractivity contribution in [1.82, 2.24) is 10.3 Å². The number of nitrogens with zero attached hydrogens (tertiary/aromatic N) is 1. The Hall–Kier alpha value is -3.09. The van der Waals surface area contributed by atoms with Crippen molar-refractivity contribution in [3.63, 3.8) is 0 Å². The molecule has 7 heteroatoms. The van der Waals surface area contributed by atoms with Gasteiger partial charge in [-0.3, -0.25) is 0 Å². The molecule has 1 aromatic heterocycles. The number of methoxy groups -OCH3 is 2. The SMILES string of the molecule is COC(=O)c1ccc(/C=C/C2(NC(=O)OC(C)(C)C)CCCCC2)c2nc(OC)ccc12. The van der Waals surface area contributed by atoms with Crippen LogP contribution in [0.4, 0.5) is 4.79 Å². The highest BCUT2D eigenvalue weighted by Gasteiger charge is 2.33. The minimum absolute atomic E-state index is 0.422. The maximum Gasteiger partial charge on any atom is 0.408 e. The van der Waals surface area contributed by atoms with E-state index in [1.54, 1.807) is 25.3 Å². The fraction of sp³-hybridized carbons (Fsp3) is 0.480. The topological polar surface area (TPSA) is 86.8 Å². The zero-order valence-corrected chi connectivity index (χ0v) is 19.5. The van der Waals surface area contributed by atoms with Crippen molar-refractivity contribution in [2.45, 2.75) is 64.0 Å². The fourth-order valence-corrected chi connectivity index (χ4v) is 4.03. The van der Waals surface area contributed by atoms with E-state index in [9.17, 15) is 9.59 Å². The molecular formula is C25H32N2O5. The first-order chi connectivity index (χ1) is 15.2. The van der Waals surface area contributed by atoms with Gasteiger partial charge >= 0.3 is 12.1 Å². The lowest BCUT2D eigenvalue weighted by Crippen LogP contribution is -2.49. The van der Waals surface area contributed by atoms with E-state index in [4.69, 9.17) is 14.2 Å². The van der Waals surface area contributed by atoms with Crippen molar-refractivity contribution in [1.29, 1.82) is 0 Å². The van der Waals surface area contributed by atoms with E-state index >= 15 is 0 Å². The summed E-state index contributed by atoms with van der Waals surface area (Å²) in [6.45, 7) is 5.55. The molecule has 0 radical (unpaired) electrons. The third-order valence-corrected chi connectivity index (χ3v) is 5.55. The van der Waals surface area contributed by atoms with Crippen LogP contribution in [0.25, 0.3) is 17.0 Å². The van der Waals surface area contributed by atoms with Crippen molar-refractivity contribution in [2.24, 2.45) is 0 Å². The number of nitrogens with one attached hydrogen (secondary N) is 1. The molecule has 1 aromatic carbocycles. The molecule has 0 unspecified atom stereocenters. The second-order valence-corrected chi connectivity index (χ2v) is 9.12. The molecule has 0 bridgehead atoms. The number of carbonyl (C=O) groups excluding carboxylic acids is 2. The fourth-order valence-electron chi connectivity index (χ4n) is 4.03. The normalized spacial score (nSPS) is 16.0. The smallest absolute Gasteiger partial charge is 0.408 e. The van der Waals surface area contributed by atoms with Crippen LogP contribution in [-0.4, -0.2) is 42.4 Å². The van der Waals surface area contributed by atoms with Crippen LogP contribution in [0, 0.1) is 0 Å². The number of esters is 1. The minimum atomic E-state index is -0.565. The molecule has 172 valence electrons. The van der Waals surface area contributed by atoms with Gasteiger partial charge in [0, 0.05) is 17.0 Å². The molecule has 0 spiro atoms. The van der Waals surface area contributed by atoms with Gasteiger partial charge in [-0.25, -0.2) is 14.6 Å². The molecule has 1 N–H and O–H groups in total. The Morgan fingerprint density at radius 3 is 2.41 bits per heavy atom. The molecule has 7 nitrogen and oxygen atoms in total. The van der Waals surface area contributed by atoms with Crippen LogP contribution in [0.15, 0.2) is 30.3 Å². The van der Waals surface area contributed by atoms with Gasteiger partial charge in [-0.1, -0.05) is 37.5 Å². The molecule has 32 heavy (non-hydrogen) atoms. The summed E-state index contributed by atoms with van der Waals surface area (Å²) in [7, 11) is 2.91. The lowest BCUT2D eigenvalue weighted by atomic mass is 9.81. The summed E-state index contributed by atoms with van der Waals surface area (Å²) in [5.74, 6) is 0.0289. The lowest BCUT2D eigenvalue weighted by Gasteiger charge is -2.36. The van der Waals surface area contributed by atoms with Gasteiger partial charge in [0.1, 0.15) is 5.60 Å². The van der Waals surface area contributed by atoms with Crippen LogP contribution in [0.3, 0.4) is 0 Å². The Balaban J connectivity index is 2.00. The second kappa shape index (κ2) is 9.59. The zero-order chi connectivity index (χ0) is 23.4. The van der Waals surface area contributed by atoms with Crippen LogP contribution in [0.2, 0.25) is 0 Å². The van der Waals surface area contributed by atoms with Crippen molar-refractivity contribution in [3.8, 4) is 5.88 Å². The summed E-state index contributed by atoms with van der Waals surface area (Å²) in [4.78, 5) is 29.3. The van der Waals surface area contributed by atoms with Crippen LogP contribution < -0.4 is 10.1 Å².